The van der Waals surface area contributed by atoms with Crippen molar-refractivity contribution in [3.8, 4) is 0 Å². The number of carbonyl (C=O) groups is 2. The van der Waals surface area contributed by atoms with E-state index in [9.17, 15) is 9.59 Å². The SMILES string of the molecule is O=C(C=Cc1ccco1)[O][Hg][O]C(=O)C=Cc1ccco1. The van der Waals surface area contributed by atoms with E-state index in [4.69, 9.17) is 14.1 Å². The van der Waals surface area contributed by atoms with Gasteiger partial charge in [0.05, 0.1) is 0 Å². The van der Waals surface area contributed by atoms with Gasteiger partial charge in [0, 0.05) is 0 Å². The molecule has 0 saturated heterocycles. The van der Waals surface area contributed by atoms with E-state index in [0.717, 1.165) is 0 Å². The first-order valence-corrected chi connectivity index (χ1v) is 10.5. The molecule has 21 heavy (non-hydrogen) atoms. The summed E-state index contributed by atoms with van der Waals surface area (Å²) in [5.41, 5.74) is 0. The van der Waals surface area contributed by atoms with Crippen molar-refractivity contribution in [1.29, 1.82) is 0 Å². The number of carbonyl (C=O) groups excluding carboxylic acids is 2. The summed E-state index contributed by atoms with van der Waals surface area (Å²) in [4.78, 5) is 22.7. The predicted octanol–water partition coefficient (Wildman–Crippen LogP) is 2.60. The molecule has 0 radical (unpaired) electrons. The monoisotopic (exact) mass is 476 g/mol. The number of hydrogen-bond acceptors (Lipinski definition) is 6. The van der Waals surface area contributed by atoms with Crippen LogP contribution in [0.2, 0.25) is 0 Å². The zero-order chi connectivity index (χ0) is 14.9. The molecule has 0 spiro atoms. The molecule has 0 aromatic carbocycles. The topological polar surface area (TPSA) is 78.9 Å². The van der Waals surface area contributed by atoms with E-state index in [2.05, 4.69) is 0 Å². The van der Waals surface area contributed by atoms with E-state index >= 15 is 0 Å². The molecule has 0 aliphatic carbocycles. The quantitative estimate of drug-likeness (QED) is 0.473. The Bertz CT molecular complexity index is 568. The Balaban J connectivity index is 1.66. The van der Waals surface area contributed by atoms with Crippen LogP contribution in [-0.4, -0.2) is 11.9 Å². The fraction of sp³-hybridized carbons (Fsp3) is 0. The van der Waals surface area contributed by atoms with Gasteiger partial charge in [-0.2, -0.15) is 0 Å². The van der Waals surface area contributed by atoms with E-state index in [1.807, 2.05) is 0 Å². The average molecular weight is 475 g/mol. The molecule has 2 aromatic rings. The molecule has 0 N–H and O–H groups in total. The van der Waals surface area contributed by atoms with Gasteiger partial charge >= 0.3 is 134 Å². The summed E-state index contributed by atoms with van der Waals surface area (Å²) < 4.78 is 19.8. The number of rotatable bonds is 6. The summed E-state index contributed by atoms with van der Waals surface area (Å²) >= 11 is -2.47. The molecule has 0 atom stereocenters. The first-order valence-electron chi connectivity index (χ1n) is 6.01. The average Bonchev–Trinajstić information content (AvgIpc) is 3.16. The van der Waals surface area contributed by atoms with Gasteiger partial charge in [0.15, 0.2) is 0 Å². The summed E-state index contributed by atoms with van der Waals surface area (Å²) in [6, 6.07) is 6.82. The first-order chi connectivity index (χ1) is 10.2. The molecule has 0 amide bonds. The van der Waals surface area contributed by atoms with E-state index < -0.39 is 37.4 Å². The van der Waals surface area contributed by atoms with Gasteiger partial charge in [-0.1, -0.05) is 0 Å². The molecular weight excluding hydrogens is 465 g/mol. The van der Waals surface area contributed by atoms with Gasteiger partial charge in [-0.25, -0.2) is 0 Å². The third-order valence-electron chi connectivity index (χ3n) is 2.26. The molecule has 2 rings (SSSR count). The van der Waals surface area contributed by atoms with Crippen molar-refractivity contribution in [2.45, 2.75) is 0 Å². The molecule has 0 fully saturated rings. The van der Waals surface area contributed by atoms with E-state index in [-0.39, 0.29) is 0 Å². The minimum absolute atomic E-state index is 0.544. The van der Waals surface area contributed by atoms with Crippen LogP contribution in [0.3, 0.4) is 0 Å². The van der Waals surface area contributed by atoms with Crippen LogP contribution >= 0.6 is 0 Å². The molecule has 6 nitrogen and oxygen atoms in total. The Morgan fingerprint density at radius 3 is 1.76 bits per heavy atom. The Labute approximate surface area is 133 Å². The van der Waals surface area contributed by atoms with Gasteiger partial charge in [-0.3, -0.25) is 0 Å². The van der Waals surface area contributed by atoms with E-state index in [0.29, 0.717) is 11.5 Å². The number of furan rings is 2. The number of hydrogen-bond donors (Lipinski definition) is 0. The van der Waals surface area contributed by atoms with Crippen LogP contribution in [0.5, 0.6) is 0 Å². The van der Waals surface area contributed by atoms with Crippen LogP contribution in [0.15, 0.2) is 57.8 Å². The maximum absolute atomic E-state index is 11.3. The normalized spacial score (nSPS) is 10.7. The summed E-state index contributed by atoms with van der Waals surface area (Å²) in [6.45, 7) is 0. The fourth-order valence-corrected chi connectivity index (χ4v) is 3.19. The first kappa shape index (κ1) is 15.3. The van der Waals surface area contributed by atoms with Crippen LogP contribution in [0, 0.1) is 0 Å². The second kappa shape index (κ2) is 8.26. The van der Waals surface area contributed by atoms with Crippen LogP contribution in [-0.2, 0) is 40.4 Å². The van der Waals surface area contributed by atoms with Gasteiger partial charge in [-0.15, -0.1) is 0 Å². The van der Waals surface area contributed by atoms with Crippen molar-refractivity contribution in [1.82, 2.24) is 0 Å². The minimum atomic E-state index is -2.47. The van der Waals surface area contributed by atoms with Crippen LogP contribution < -0.4 is 0 Å². The van der Waals surface area contributed by atoms with Crippen molar-refractivity contribution in [2.24, 2.45) is 0 Å². The van der Waals surface area contributed by atoms with Gasteiger partial charge in [0.25, 0.3) is 0 Å². The summed E-state index contributed by atoms with van der Waals surface area (Å²) in [5.74, 6) is -0.00394. The van der Waals surface area contributed by atoms with Gasteiger partial charge in [-0.05, 0) is 0 Å². The van der Waals surface area contributed by atoms with Crippen molar-refractivity contribution in [3.63, 3.8) is 0 Å². The molecule has 7 heteroatoms. The zero-order valence-electron chi connectivity index (χ0n) is 10.9. The third-order valence-corrected chi connectivity index (χ3v) is 5.38. The second-order valence-electron chi connectivity index (χ2n) is 3.74. The van der Waals surface area contributed by atoms with E-state index in [1.54, 1.807) is 24.3 Å². The molecule has 2 heterocycles. The zero-order valence-corrected chi connectivity index (χ0v) is 16.4. The van der Waals surface area contributed by atoms with E-state index in [1.165, 1.54) is 36.8 Å². The fourth-order valence-electron chi connectivity index (χ4n) is 1.31. The van der Waals surface area contributed by atoms with Crippen molar-refractivity contribution < 1.29 is 49.2 Å². The Hall–Kier alpha value is -2.08. The summed E-state index contributed by atoms with van der Waals surface area (Å²) in [6.07, 6.45) is 8.41. The van der Waals surface area contributed by atoms with Crippen molar-refractivity contribution in [3.05, 3.63) is 60.5 Å². The maximum atomic E-state index is 11.3. The molecule has 104 valence electrons. The second-order valence-corrected chi connectivity index (χ2v) is 6.90. The molecule has 2 aromatic heterocycles. The summed E-state index contributed by atoms with van der Waals surface area (Å²) in [7, 11) is 0. The molecule has 0 unspecified atom stereocenters. The molecule has 0 saturated carbocycles. The van der Waals surface area contributed by atoms with Crippen LogP contribution in [0.25, 0.3) is 12.2 Å². The summed E-state index contributed by atoms with van der Waals surface area (Å²) in [5, 5.41) is 0. The van der Waals surface area contributed by atoms with Gasteiger partial charge in [0.1, 0.15) is 0 Å². The molecule has 0 bridgehead atoms. The molecule has 0 aliphatic rings. The Morgan fingerprint density at radius 1 is 0.905 bits per heavy atom. The molecular formula is C14H10HgO6. The van der Waals surface area contributed by atoms with Crippen LogP contribution in [0.1, 0.15) is 11.5 Å². The standard InChI is InChI=1S/2C7H6O3.Hg/c2*8-7(9)4-3-6-2-1-5-10-6;/h2*1-5H,(H,8,9);/q;;+2/p-2. The van der Waals surface area contributed by atoms with Crippen molar-refractivity contribution >= 4 is 24.1 Å². The molecule has 0 aliphatic heterocycles. The predicted molar refractivity (Wildman–Crippen MR) is 67.7 cm³/mol. The Kier molecular flexibility index (Phi) is 6.02. The van der Waals surface area contributed by atoms with Gasteiger partial charge < -0.3 is 0 Å². The Morgan fingerprint density at radius 2 is 1.38 bits per heavy atom. The third kappa shape index (κ3) is 5.82. The van der Waals surface area contributed by atoms with Crippen LogP contribution in [0.4, 0.5) is 0 Å². The van der Waals surface area contributed by atoms with Crippen molar-refractivity contribution in [2.75, 3.05) is 0 Å². The van der Waals surface area contributed by atoms with Gasteiger partial charge in [0.2, 0.25) is 0 Å².